The smallest absolute Gasteiger partial charge is 0.184 e. The SMILES string of the molecule is CC(C)(C)C(=O)C(C#CC1CC1)=S(C)(C)=O. The Morgan fingerprint density at radius 1 is 1.25 bits per heavy atom. The van der Waals surface area contributed by atoms with Crippen molar-refractivity contribution in [2.75, 3.05) is 12.5 Å². The molecule has 0 unspecified atom stereocenters. The van der Waals surface area contributed by atoms with Gasteiger partial charge in [0.2, 0.25) is 0 Å². The van der Waals surface area contributed by atoms with Crippen molar-refractivity contribution in [1.29, 1.82) is 0 Å². The largest absolute Gasteiger partial charge is 0.292 e. The molecule has 3 heteroatoms. The maximum absolute atomic E-state index is 12.1. The second-order valence-electron chi connectivity index (χ2n) is 5.69. The molecule has 0 atom stereocenters. The Balaban J connectivity index is 3.15. The Morgan fingerprint density at radius 2 is 1.75 bits per heavy atom. The first-order chi connectivity index (χ1) is 7.12. The van der Waals surface area contributed by atoms with E-state index in [0.717, 1.165) is 12.8 Å². The third kappa shape index (κ3) is 3.68. The van der Waals surface area contributed by atoms with Crippen molar-refractivity contribution in [3.8, 4) is 11.8 Å². The van der Waals surface area contributed by atoms with Crippen LogP contribution in [0.4, 0.5) is 0 Å². The minimum absolute atomic E-state index is 0.0874. The number of Topliss-reactive ketones (excluding diaryl/α,β-unsaturated/α-hetero) is 1. The molecule has 1 rings (SSSR count). The molecule has 1 aliphatic carbocycles. The third-order valence-electron chi connectivity index (χ3n) is 2.35. The Morgan fingerprint density at radius 3 is 2.06 bits per heavy atom. The number of hydrogen-bond acceptors (Lipinski definition) is 2. The van der Waals surface area contributed by atoms with E-state index in [1.165, 1.54) is 0 Å². The zero-order valence-electron chi connectivity index (χ0n) is 10.7. The second kappa shape index (κ2) is 4.25. The van der Waals surface area contributed by atoms with Crippen molar-refractivity contribution in [2.24, 2.45) is 11.3 Å². The molecule has 0 aromatic rings. The molecule has 16 heavy (non-hydrogen) atoms. The lowest BCUT2D eigenvalue weighted by molar-refractivity contribution is -0.119. The highest BCUT2D eigenvalue weighted by atomic mass is 32.2. The van der Waals surface area contributed by atoms with Gasteiger partial charge >= 0.3 is 0 Å². The van der Waals surface area contributed by atoms with Crippen LogP contribution >= 0.6 is 0 Å². The van der Waals surface area contributed by atoms with Crippen LogP contribution in [0, 0.1) is 23.2 Å². The van der Waals surface area contributed by atoms with Crippen LogP contribution in [0.5, 0.6) is 0 Å². The Hall–Kier alpha value is -0.750. The van der Waals surface area contributed by atoms with Crippen LogP contribution in [0.3, 0.4) is 0 Å². The summed E-state index contributed by atoms with van der Waals surface area (Å²) in [4.78, 5) is 12.4. The van der Waals surface area contributed by atoms with Gasteiger partial charge in [-0.05, 0) is 22.4 Å². The van der Waals surface area contributed by atoms with E-state index in [4.69, 9.17) is 0 Å². The highest BCUT2D eigenvalue weighted by molar-refractivity contribution is 8.02. The summed E-state index contributed by atoms with van der Waals surface area (Å²) < 4.78 is 12.0. The lowest BCUT2D eigenvalue weighted by Gasteiger charge is -2.17. The average Bonchev–Trinajstić information content (AvgIpc) is 2.83. The summed E-state index contributed by atoms with van der Waals surface area (Å²) in [7, 11) is -2.27. The van der Waals surface area contributed by atoms with Gasteiger partial charge in [-0.1, -0.05) is 32.6 Å². The first-order valence-corrected chi connectivity index (χ1v) is 7.87. The maximum Gasteiger partial charge on any atom is 0.184 e. The van der Waals surface area contributed by atoms with E-state index >= 15 is 0 Å². The molecule has 1 fully saturated rings. The van der Waals surface area contributed by atoms with Crippen LogP contribution in [0.25, 0.3) is 0 Å². The molecule has 1 saturated carbocycles. The monoisotopic (exact) mass is 240 g/mol. The van der Waals surface area contributed by atoms with E-state index in [1.807, 2.05) is 20.8 Å². The van der Waals surface area contributed by atoms with Crippen LogP contribution in [0.2, 0.25) is 0 Å². The van der Waals surface area contributed by atoms with E-state index in [2.05, 4.69) is 11.8 Å². The lowest BCUT2D eigenvalue weighted by atomic mass is 9.89. The molecule has 90 valence electrons. The molecule has 2 nitrogen and oxygen atoms in total. The molecular weight excluding hydrogens is 220 g/mol. The summed E-state index contributed by atoms with van der Waals surface area (Å²) in [6.07, 6.45) is 5.40. The molecule has 1 aliphatic rings. The van der Waals surface area contributed by atoms with E-state index in [0.29, 0.717) is 10.8 Å². The van der Waals surface area contributed by atoms with Gasteiger partial charge in [0, 0.05) is 23.8 Å². The molecule has 0 spiro atoms. The third-order valence-corrected chi connectivity index (χ3v) is 3.62. The molecule has 0 bridgehead atoms. The van der Waals surface area contributed by atoms with E-state index < -0.39 is 14.9 Å². The van der Waals surface area contributed by atoms with Gasteiger partial charge in [-0.3, -0.25) is 9.00 Å². The molecule has 0 aromatic heterocycles. The van der Waals surface area contributed by atoms with Crippen LogP contribution < -0.4 is 0 Å². The van der Waals surface area contributed by atoms with Gasteiger partial charge in [0.05, 0.1) is 0 Å². The fourth-order valence-corrected chi connectivity index (χ4v) is 2.20. The van der Waals surface area contributed by atoms with Crippen molar-refractivity contribution in [2.45, 2.75) is 33.6 Å². The molecule has 0 heterocycles. The average molecular weight is 240 g/mol. The second-order valence-corrected chi connectivity index (χ2v) is 8.56. The quantitative estimate of drug-likeness (QED) is 0.517. The van der Waals surface area contributed by atoms with Gasteiger partial charge < -0.3 is 0 Å². The van der Waals surface area contributed by atoms with Crippen LogP contribution in [-0.4, -0.2) is 27.4 Å². The molecular formula is C13H20O2S. The first kappa shape index (κ1) is 13.3. The molecule has 0 radical (unpaired) electrons. The van der Waals surface area contributed by atoms with Gasteiger partial charge in [0.25, 0.3) is 0 Å². The number of carbonyl (C=O) groups excluding carboxylic acids is 1. The van der Waals surface area contributed by atoms with Crippen molar-refractivity contribution in [1.82, 2.24) is 0 Å². The van der Waals surface area contributed by atoms with Crippen molar-refractivity contribution in [3.63, 3.8) is 0 Å². The van der Waals surface area contributed by atoms with E-state index in [9.17, 15) is 9.00 Å². The highest BCUT2D eigenvalue weighted by Crippen LogP contribution is 2.27. The van der Waals surface area contributed by atoms with E-state index in [-0.39, 0.29) is 5.78 Å². The van der Waals surface area contributed by atoms with Gasteiger partial charge in [-0.15, -0.1) is 0 Å². The minimum Gasteiger partial charge on any atom is -0.292 e. The Labute approximate surface area is 98.8 Å². The zero-order chi connectivity index (χ0) is 12.6. The molecule has 0 aromatic carbocycles. The molecule has 0 aliphatic heterocycles. The number of ketones is 1. The van der Waals surface area contributed by atoms with Crippen molar-refractivity contribution in [3.05, 3.63) is 0 Å². The normalized spacial score (nSPS) is 16.3. The summed E-state index contributed by atoms with van der Waals surface area (Å²) in [6.45, 7) is 5.50. The summed E-state index contributed by atoms with van der Waals surface area (Å²) in [5, 5.41) is 0. The van der Waals surface area contributed by atoms with E-state index in [1.54, 1.807) is 12.5 Å². The summed E-state index contributed by atoms with van der Waals surface area (Å²) in [5.41, 5.74) is -0.512. The predicted molar refractivity (Wildman–Crippen MR) is 70.0 cm³/mol. The van der Waals surface area contributed by atoms with Crippen molar-refractivity contribution >= 4 is 20.2 Å². The number of rotatable bonds is 1. The standard InChI is InChI=1S/C13H20O2S/c1-13(2,3)12(14)11(16(4,5)15)9-8-10-6-7-10/h10H,6-7H2,1-5H3. The summed E-state index contributed by atoms with van der Waals surface area (Å²) >= 11 is 0. The minimum atomic E-state index is -2.27. The van der Waals surface area contributed by atoms with Gasteiger partial charge in [0.15, 0.2) is 5.78 Å². The van der Waals surface area contributed by atoms with Crippen molar-refractivity contribution < 1.29 is 9.00 Å². The fourth-order valence-electron chi connectivity index (χ4n) is 1.14. The van der Waals surface area contributed by atoms with Crippen LogP contribution in [0.15, 0.2) is 0 Å². The van der Waals surface area contributed by atoms with Gasteiger partial charge in [-0.25, -0.2) is 0 Å². The molecule has 0 amide bonds. The summed E-state index contributed by atoms with van der Waals surface area (Å²) in [5.74, 6) is 6.23. The first-order valence-electron chi connectivity index (χ1n) is 5.50. The van der Waals surface area contributed by atoms with Gasteiger partial charge in [0.1, 0.15) is 4.86 Å². The highest BCUT2D eigenvalue weighted by Gasteiger charge is 2.27. The van der Waals surface area contributed by atoms with Crippen LogP contribution in [0.1, 0.15) is 33.6 Å². The van der Waals surface area contributed by atoms with Crippen LogP contribution in [-0.2, 0) is 14.3 Å². The molecule has 0 N–H and O–H groups in total. The number of carbonyl (C=O) groups is 1. The Bertz CT molecular complexity index is 462. The molecule has 0 saturated heterocycles. The van der Waals surface area contributed by atoms with Gasteiger partial charge in [-0.2, -0.15) is 0 Å². The predicted octanol–water partition coefficient (Wildman–Crippen LogP) is 1.73. The summed E-state index contributed by atoms with van der Waals surface area (Å²) in [6, 6.07) is 0. The lowest BCUT2D eigenvalue weighted by Crippen LogP contribution is -2.31. The zero-order valence-corrected chi connectivity index (χ0v) is 11.5. The maximum atomic E-state index is 12.1. The topological polar surface area (TPSA) is 34.1 Å². The Kier molecular flexibility index (Phi) is 3.54. The fraction of sp³-hybridized carbons (Fsp3) is 0.692. The number of hydrogen-bond donors (Lipinski definition) is 0.